The molecule has 0 saturated heterocycles. The zero-order chi connectivity index (χ0) is 13.4. The molecule has 0 spiro atoms. The van der Waals surface area contributed by atoms with Gasteiger partial charge in [-0.1, -0.05) is 13.8 Å². The zero-order valence-corrected chi connectivity index (χ0v) is 11.9. The van der Waals surface area contributed by atoms with E-state index in [2.05, 4.69) is 29.5 Å². The van der Waals surface area contributed by atoms with Gasteiger partial charge in [-0.2, -0.15) is 0 Å². The van der Waals surface area contributed by atoms with Crippen LogP contribution in [0.1, 0.15) is 37.6 Å². The van der Waals surface area contributed by atoms with E-state index in [0.29, 0.717) is 12.0 Å². The number of carbonyl (C=O) groups excluding carboxylic acids is 1. The standard InChI is InChI=1S/C14H17N3OS/c1-8(2)13-17-11-6-5-10(7-12(11)19-13)16-14(18)15-9-3-4-9/h5-9H,3-4H2,1-2H3,(H2,15,16,18). The van der Waals surface area contributed by atoms with E-state index in [9.17, 15) is 4.79 Å². The number of rotatable bonds is 3. The summed E-state index contributed by atoms with van der Waals surface area (Å²) < 4.78 is 1.12. The second kappa shape index (κ2) is 4.81. The Bertz CT molecular complexity index is 616. The molecule has 0 atom stereocenters. The largest absolute Gasteiger partial charge is 0.335 e. The summed E-state index contributed by atoms with van der Waals surface area (Å²) >= 11 is 1.69. The van der Waals surface area contributed by atoms with Crippen molar-refractivity contribution in [2.45, 2.75) is 38.6 Å². The summed E-state index contributed by atoms with van der Waals surface area (Å²) in [5, 5.41) is 6.92. The number of anilines is 1. The molecule has 1 aromatic carbocycles. The molecule has 1 heterocycles. The minimum atomic E-state index is -0.115. The maximum Gasteiger partial charge on any atom is 0.319 e. The van der Waals surface area contributed by atoms with Crippen molar-refractivity contribution >= 4 is 33.3 Å². The van der Waals surface area contributed by atoms with Crippen molar-refractivity contribution < 1.29 is 4.79 Å². The monoisotopic (exact) mass is 275 g/mol. The first-order valence-electron chi connectivity index (χ1n) is 6.60. The summed E-state index contributed by atoms with van der Waals surface area (Å²) in [5.41, 5.74) is 1.83. The number of nitrogens with zero attached hydrogens (tertiary/aromatic N) is 1. The fourth-order valence-electron chi connectivity index (χ4n) is 1.85. The molecule has 1 saturated carbocycles. The van der Waals surface area contributed by atoms with Crippen LogP contribution in [0.3, 0.4) is 0 Å². The van der Waals surface area contributed by atoms with Gasteiger partial charge in [0, 0.05) is 17.6 Å². The number of hydrogen-bond donors (Lipinski definition) is 2. The maximum absolute atomic E-state index is 11.7. The molecule has 2 N–H and O–H groups in total. The number of hydrogen-bond acceptors (Lipinski definition) is 3. The minimum Gasteiger partial charge on any atom is -0.335 e. The Morgan fingerprint density at radius 1 is 1.42 bits per heavy atom. The molecule has 1 aromatic heterocycles. The van der Waals surface area contributed by atoms with E-state index in [1.165, 1.54) is 0 Å². The highest BCUT2D eigenvalue weighted by Crippen LogP contribution is 2.29. The summed E-state index contributed by atoms with van der Waals surface area (Å²) in [6.07, 6.45) is 2.19. The van der Waals surface area contributed by atoms with E-state index in [4.69, 9.17) is 0 Å². The summed E-state index contributed by atoms with van der Waals surface area (Å²) in [7, 11) is 0. The van der Waals surface area contributed by atoms with Crippen LogP contribution in [0.15, 0.2) is 18.2 Å². The first-order valence-corrected chi connectivity index (χ1v) is 7.41. The SMILES string of the molecule is CC(C)c1nc2ccc(NC(=O)NC3CC3)cc2s1. The lowest BCUT2D eigenvalue weighted by atomic mass is 10.2. The van der Waals surface area contributed by atoms with Crippen molar-refractivity contribution in [3.05, 3.63) is 23.2 Å². The molecule has 19 heavy (non-hydrogen) atoms. The molecule has 5 heteroatoms. The van der Waals surface area contributed by atoms with E-state index < -0.39 is 0 Å². The Balaban J connectivity index is 1.78. The number of amides is 2. The van der Waals surface area contributed by atoms with Crippen molar-refractivity contribution in [2.75, 3.05) is 5.32 Å². The fraction of sp³-hybridized carbons (Fsp3) is 0.429. The fourth-order valence-corrected chi connectivity index (χ4v) is 2.86. The van der Waals surface area contributed by atoms with Gasteiger partial charge in [0.2, 0.25) is 0 Å². The lowest BCUT2D eigenvalue weighted by molar-refractivity contribution is 0.251. The molecule has 4 nitrogen and oxygen atoms in total. The average molecular weight is 275 g/mol. The summed E-state index contributed by atoms with van der Waals surface area (Å²) in [4.78, 5) is 16.3. The second-order valence-electron chi connectivity index (χ2n) is 5.26. The van der Waals surface area contributed by atoms with Crippen molar-refractivity contribution in [2.24, 2.45) is 0 Å². The molecule has 1 aliphatic rings. The summed E-state index contributed by atoms with van der Waals surface area (Å²) in [6.45, 7) is 4.28. The van der Waals surface area contributed by atoms with E-state index in [1.807, 2.05) is 18.2 Å². The number of thiazole rings is 1. The molecule has 3 rings (SSSR count). The smallest absolute Gasteiger partial charge is 0.319 e. The predicted molar refractivity (Wildman–Crippen MR) is 78.9 cm³/mol. The van der Waals surface area contributed by atoms with Gasteiger partial charge < -0.3 is 10.6 Å². The average Bonchev–Trinajstić information content (AvgIpc) is 3.05. The third kappa shape index (κ3) is 2.87. The minimum absolute atomic E-state index is 0.115. The van der Waals surface area contributed by atoms with Gasteiger partial charge in [0.25, 0.3) is 0 Å². The van der Waals surface area contributed by atoms with Crippen LogP contribution in [0.25, 0.3) is 10.2 Å². The molecule has 0 unspecified atom stereocenters. The first-order chi connectivity index (χ1) is 9.11. The molecule has 100 valence electrons. The van der Waals surface area contributed by atoms with Crippen molar-refractivity contribution in [1.29, 1.82) is 0 Å². The van der Waals surface area contributed by atoms with E-state index in [-0.39, 0.29) is 6.03 Å². The predicted octanol–water partition coefficient (Wildman–Crippen LogP) is 3.70. The highest BCUT2D eigenvalue weighted by atomic mass is 32.1. The van der Waals surface area contributed by atoms with Gasteiger partial charge in [-0.3, -0.25) is 0 Å². The Hall–Kier alpha value is -1.62. The van der Waals surface area contributed by atoms with Crippen LogP contribution in [0.2, 0.25) is 0 Å². The quantitative estimate of drug-likeness (QED) is 0.897. The van der Waals surface area contributed by atoms with Crippen LogP contribution in [0.5, 0.6) is 0 Å². The third-order valence-corrected chi connectivity index (χ3v) is 4.39. The molecule has 1 aliphatic carbocycles. The van der Waals surface area contributed by atoms with Gasteiger partial charge in [0.1, 0.15) is 0 Å². The molecule has 0 aliphatic heterocycles. The van der Waals surface area contributed by atoms with Gasteiger partial charge in [-0.05, 0) is 31.0 Å². The summed E-state index contributed by atoms with van der Waals surface area (Å²) in [5.74, 6) is 0.437. The van der Waals surface area contributed by atoms with Crippen molar-refractivity contribution in [3.63, 3.8) is 0 Å². The van der Waals surface area contributed by atoms with Crippen molar-refractivity contribution in [3.8, 4) is 0 Å². The Morgan fingerprint density at radius 3 is 2.89 bits per heavy atom. The van der Waals surface area contributed by atoms with Gasteiger partial charge in [-0.25, -0.2) is 9.78 Å². The number of urea groups is 1. The Labute approximate surface area is 116 Å². The van der Waals surface area contributed by atoms with Gasteiger partial charge in [0.05, 0.1) is 15.2 Å². The van der Waals surface area contributed by atoms with Crippen LogP contribution < -0.4 is 10.6 Å². The van der Waals surface area contributed by atoms with Gasteiger partial charge >= 0.3 is 6.03 Å². The van der Waals surface area contributed by atoms with Crippen molar-refractivity contribution in [1.82, 2.24) is 10.3 Å². The lowest BCUT2D eigenvalue weighted by Crippen LogP contribution is -2.30. The number of aromatic nitrogens is 1. The maximum atomic E-state index is 11.7. The van der Waals surface area contributed by atoms with E-state index >= 15 is 0 Å². The van der Waals surface area contributed by atoms with Crippen LogP contribution in [-0.4, -0.2) is 17.1 Å². The summed E-state index contributed by atoms with van der Waals surface area (Å²) in [6, 6.07) is 6.11. The molecular weight excluding hydrogens is 258 g/mol. The molecule has 0 bridgehead atoms. The van der Waals surface area contributed by atoms with Crippen LogP contribution >= 0.6 is 11.3 Å². The third-order valence-electron chi connectivity index (χ3n) is 3.07. The topological polar surface area (TPSA) is 54.0 Å². The molecule has 2 amide bonds. The Morgan fingerprint density at radius 2 is 2.21 bits per heavy atom. The number of benzene rings is 1. The number of nitrogens with one attached hydrogen (secondary N) is 2. The first kappa shape index (κ1) is 12.4. The molecule has 0 radical (unpaired) electrons. The van der Waals surface area contributed by atoms with Crippen LogP contribution in [0.4, 0.5) is 10.5 Å². The lowest BCUT2D eigenvalue weighted by Gasteiger charge is -2.05. The highest BCUT2D eigenvalue weighted by molar-refractivity contribution is 7.18. The van der Waals surface area contributed by atoms with E-state index in [0.717, 1.165) is 33.8 Å². The van der Waals surface area contributed by atoms with Crippen LogP contribution in [0, 0.1) is 0 Å². The second-order valence-corrected chi connectivity index (χ2v) is 6.32. The molecule has 1 fully saturated rings. The van der Waals surface area contributed by atoms with E-state index in [1.54, 1.807) is 11.3 Å². The Kier molecular flexibility index (Phi) is 3.14. The molecule has 2 aromatic rings. The highest BCUT2D eigenvalue weighted by Gasteiger charge is 2.23. The normalized spacial score (nSPS) is 14.9. The van der Waals surface area contributed by atoms with Gasteiger partial charge in [0.15, 0.2) is 0 Å². The number of fused-ring (bicyclic) bond motifs is 1. The number of carbonyl (C=O) groups is 1. The van der Waals surface area contributed by atoms with Gasteiger partial charge in [-0.15, -0.1) is 11.3 Å². The zero-order valence-electron chi connectivity index (χ0n) is 11.1. The van der Waals surface area contributed by atoms with Crippen LogP contribution in [-0.2, 0) is 0 Å². The molecular formula is C14H17N3OS.